The Hall–Kier alpha value is -2.96. The van der Waals surface area contributed by atoms with Crippen molar-refractivity contribution in [3.8, 4) is 0 Å². The number of esters is 1. The maximum absolute atomic E-state index is 13.3. The Morgan fingerprint density at radius 3 is 1.22 bits per heavy atom. The number of carbonyl (C=O) groups is 2. The van der Waals surface area contributed by atoms with Crippen LogP contribution in [-0.2, 0) is 14.3 Å². The van der Waals surface area contributed by atoms with Crippen molar-refractivity contribution in [3.05, 3.63) is 85.1 Å². The van der Waals surface area contributed by atoms with Crippen LogP contribution in [0.3, 0.4) is 0 Å². The molecule has 3 atom stereocenters. The van der Waals surface area contributed by atoms with Gasteiger partial charge < -0.3 is 20.3 Å². The first-order valence-electron chi connectivity index (χ1n) is 29.3. The molecule has 0 saturated heterocycles. The van der Waals surface area contributed by atoms with E-state index in [4.69, 9.17) is 4.74 Å². The topological polar surface area (TPSA) is 95.9 Å². The van der Waals surface area contributed by atoms with Gasteiger partial charge in [-0.05, 0) is 103 Å². The van der Waals surface area contributed by atoms with E-state index in [1.807, 2.05) is 0 Å². The highest BCUT2D eigenvalue weighted by atomic mass is 16.5. The molecule has 398 valence electrons. The largest absolute Gasteiger partial charge is 0.462 e. The highest BCUT2D eigenvalue weighted by molar-refractivity contribution is 5.77. The van der Waals surface area contributed by atoms with Crippen LogP contribution >= 0.6 is 0 Å². The van der Waals surface area contributed by atoms with Crippen LogP contribution in [-0.4, -0.2) is 46.9 Å². The average molecular weight is 963 g/mol. The van der Waals surface area contributed by atoms with E-state index in [1.54, 1.807) is 0 Å². The van der Waals surface area contributed by atoms with Crippen LogP contribution in [0.4, 0.5) is 0 Å². The van der Waals surface area contributed by atoms with E-state index in [9.17, 15) is 19.8 Å². The number of carbonyl (C=O) groups excluding carboxylic acids is 2. The molecule has 0 saturated carbocycles. The third kappa shape index (κ3) is 51.2. The van der Waals surface area contributed by atoms with Crippen LogP contribution < -0.4 is 5.32 Å². The van der Waals surface area contributed by atoms with Crippen LogP contribution in [0.1, 0.15) is 278 Å². The summed E-state index contributed by atoms with van der Waals surface area (Å²) in [7, 11) is 0. The lowest BCUT2D eigenvalue weighted by atomic mass is 10.0. The maximum Gasteiger partial charge on any atom is 0.306 e. The monoisotopic (exact) mass is 962 g/mol. The molecule has 3 unspecified atom stereocenters. The van der Waals surface area contributed by atoms with Gasteiger partial charge in [-0.3, -0.25) is 9.59 Å². The molecule has 0 rings (SSSR count). The molecule has 6 heteroatoms. The first-order valence-corrected chi connectivity index (χ1v) is 29.3. The summed E-state index contributed by atoms with van der Waals surface area (Å²) in [5, 5.41) is 23.9. The SMILES string of the molecule is CC/C=C/C/C=C/C/C=C/C/C=C/CCCCCC(=O)OC(CCCCCC/C=C\C/C=C\C/C=C\CCCCC)CC(=O)NC(CO)C(O)CCCCCCCCCCCCCCCCCCC. The van der Waals surface area contributed by atoms with E-state index >= 15 is 0 Å². The molecule has 69 heavy (non-hydrogen) atoms. The van der Waals surface area contributed by atoms with E-state index in [0.29, 0.717) is 19.3 Å². The lowest BCUT2D eigenvalue weighted by molar-refractivity contribution is -0.151. The van der Waals surface area contributed by atoms with Crippen molar-refractivity contribution in [3.63, 3.8) is 0 Å². The zero-order chi connectivity index (χ0) is 50.2. The van der Waals surface area contributed by atoms with Crippen LogP contribution in [0.2, 0.25) is 0 Å². The Bertz CT molecular complexity index is 1310. The van der Waals surface area contributed by atoms with Crippen LogP contribution in [0.25, 0.3) is 0 Å². The molecule has 0 aromatic rings. The van der Waals surface area contributed by atoms with Gasteiger partial charge in [-0.25, -0.2) is 0 Å². The molecular formula is C63H111NO5. The van der Waals surface area contributed by atoms with Gasteiger partial charge in [0.15, 0.2) is 0 Å². The molecule has 0 aliphatic carbocycles. The van der Waals surface area contributed by atoms with Gasteiger partial charge in [0.05, 0.1) is 25.2 Å². The lowest BCUT2D eigenvalue weighted by Crippen LogP contribution is -2.46. The van der Waals surface area contributed by atoms with Crippen molar-refractivity contribution in [2.75, 3.05) is 6.61 Å². The summed E-state index contributed by atoms with van der Waals surface area (Å²) >= 11 is 0. The van der Waals surface area contributed by atoms with Crippen molar-refractivity contribution in [2.45, 2.75) is 296 Å². The van der Waals surface area contributed by atoms with Crippen molar-refractivity contribution < 1.29 is 24.5 Å². The molecule has 0 aromatic heterocycles. The van der Waals surface area contributed by atoms with Gasteiger partial charge in [-0.15, -0.1) is 0 Å². The summed E-state index contributed by atoms with van der Waals surface area (Å²) in [6.07, 6.45) is 73.6. The van der Waals surface area contributed by atoms with Gasteiger partial charge in [0.2, 0.25) is 5.91 Å². The number of hydrogen-bond acceptors (Lipinski definition) is 5. The quantitative estimate of drug-likeness (QED) is 0.0321. The fraction of sp³-hybridized carbons (Fsp3) is 0.746. The van der Waals surface area contributed by atoms with E-state index in [2.05, 4.69) is 111 Å². The minimum atomic E-state index is -0.805. The number of unbranched alkanes of at least 4 members (excludes halogenated alkanes) is 26. The fourth-order valence-electron chi connectivity index (χ4n) is 8.55. The molecule has 0 bridgehead atoms. The number of amides is 1. The normalized spacial score (nSPS) is 13.8. The van der Waals surface area contributed by atoms with Crippen molar-refractivity contribution in [1.29, 1.82) is 0 Å². The summed E-state index contributed by atoms with van der Waals surface area (Å²) in [4.78, 5) is 26.3. The number of ether oxygens (including phenoxy) is 1. The number of hydrogen-bond donors (Lipinski definition) is 3. The minimum absolute atomic E-state index is 0.0464. The van der Waals surface area contributed by atoms with Crippen LogP contribution in [0, 0.1) is 0 Å². The third-order valence-electron chi connectivity index (χ3n) is 13.0. The van der Waals surface area contributed by atoms with Crippen molar-refractivity contribution >= 4 is 11.9 Å². The van der Waals surface area contributed by atoms with Crippen LogP contribution in [0.15, 0.2) is 85.1 Å². The molecule has 0 aliphatic heterocycles. The molecule has 3 N–H and O–H groups in total. The predicted molar refractivity (Wildman–Crippen MR) is 301 cm³/mol. The fourth-order valence-corrected chi connectivity index (χ4v) is 8.55. The molecule has 0 aromatic carbocycles. The van der Waals surface area contributed by atoms with Crippen molar-refractivity contribution in [1.82, 2.24) is 5.32 Å². The van der Waals surface area contributed by atoms with Gasteiger partial charge in [-0.2, -0.15) is 0 Å². The number of allylic oxidation sites excluding steroid dienone is 14. The Morgan fingerprint density at radius 2 is 0.783 bits per heavy atom. The first-order chi connectivity index (χ1) is 34.0. The van der Waals surface area contributed by atoms with E-state index < -0.39 is 18.2 Å². The smallest absolute Gasteiger partial charge is 0.306 e. The van der Waals surface area contributed by atoms with E-state index in [1.165, 1.54) is 116 Å². The summed E-state index contributed by atoms with van der Waals surface area (Å²) in [5.74, 6) is -0.530. The highest BCUT2D eigenvalue weighted by Gasteiger charge is 2.24. The maximum atomic E-state index is 13.3. The lowest BCUT2D eigenvalue weighted by Gasteiger charge is -2.24. The Balaban J connectivity index is 4.65. The molecule has 0 spiro atoms. The number of aliphatic hydroxyl groups is 2. The molecule has 6 nitrogen and oxygen atoms in total. The summed E-state index contributed by atoms with van der Waals surface area (Å²) in [6.45, 7) is 6.35. The zero-order valence-electron chi connectivity index (χ0n) is 45.4. The minimum Gasteiger partial charge on any atom is -0.462 e. The van der Waals surface area contributed by atoms with Gasteiger partial charge >= 0.3 is 5.97 Å². The van der Waals surface area contributed by atoms with Crippen LogP contribution in [0.5, 0.6) is 0 Å². The molecule has 0 aliphatic rings. The van der Waals surface area contributed by atoms with Gasteiger partial charge in [0.25, 0.3) is 0 Å². The molecule has 0 radical (unpaired) electrons. The van der Waals surface area contributed by atoms with Gasteiger partial charge in [-0.1, -0.05) is 247 Å². The van der Waals surface area contributed by atoms with E-state index in [-0.39, 0.29) is 24.9 Å². The molecule has 1 amide bonds. The standard InChI is InChI=1S/C63H111NO5/c1-4-7-10-13-16-19-22-25-28-31-33-36-39-42-45-48-51-54-59(69-63(68)56-53-50-47-44-41-38-35-30-27-24-21-18-15-12-9-6-3)57-62(67)64-60(58-65)61(66)55-52-49-46-43-40-37-34-32-29-26-23-20-17-14-11-8-5-2/h9,12,16,18-19,21,25,27-28,30,33,36,38,41,59-61,65-66H,4-8,10-11,13-15,17,20,22-24,26,29,31-32,34-35,37,39-40,42-58H2,1-3H3,(H,64,67)/b12-9+,19-16-,21-18+,28-25-,30-27+,36-33-,41-38+. The summed E-state index contributed by atoms with van der Waals surface area (Å²) in [6, 6.07) is -0.721. The Labute approximate surface area is 427 Å². The summed E-state index contributed by atoms with van der Waals surface area (Å²) < 4.78 is 5.94. The second kappa shape index (κ2) is 56.0. The molecular weight excluding hydrogens is 851 g/mol. The molecule has 0 fully saturated rings. The van der Waals surface area contributed by atoms with Gasteiger partial charge in [0.1, 0.15) is 6.10 Å². The first kappa shape index (κ1) is 66.0. The predicted octanol–water partition coefficient (Wildman–Crippen LogP) is 18.3. The Morgan fingerprint density at radius 1 is 0.435 bits per heavy atom. The van der Waals surface area contributed by atoms with Crippen molar-refractivity contribution in [2.24, 2.45) is 0 Å². The highest BCUT2D eigenvalue weighted by Crippen LogP contribution is 2.18. The average Bonchev–Trinajstić information content (AvgIpc) is 3.34. The second-order valence-corrected chi connectivity index (χ2v) is 19.7. The number of rotatable bonds is 52. The van der Waals surface area contributed by atoms with Gasteiger partial charge in [0, 0.05) is 6.42 Å². The zero-order valence-corrected chi connectivity index (χ0v) is 45.4. The van der Waals surface area contributed by atoms with E-state index in [0.717, 1.165) is 116 Å². The number of aliphatic hydroxyl groups excluding tert-OH is 2. The number of nitrogens with one attached hydrogen (secondary N) is 1. The Kier molecular flexibility index (Phi) is 53.6. The molecule has 0 heterocycles. The third-order valence-corrected chi connectivity index (χ3v) is 13.0. The second-order valence-electron chi connectivity index (χ2n) is 19.7. The summed E-state index contributed by atoms with van der Waals surface area (Å²) in [5.41, 5.74) is 0.